The maximum Gasteiger partial charge on any atom is 0.307 e. The number of halogens is 1. The predicted octanol–water partition coefficient (Wildman–Crippen LogP) is 7.32. The van der Waals surface area contributed by atoms with Crippen LogP contribution in [0.25, 0.3) is 0 Å². The Labute approximate surface area is 302 Å². The normalized spacial score (nSPS) is 45.1. The summed E-state index contributed by atoms with van der Waals surface area (Å²) < 4.78 is 22.5. The number of hydrogen-bond acceptors (Lipinski definition) is 7. The summed E-state index contributed by atoms with van der Waals surface area (Å²) in [7, 11) is 2.05. The number of hydrogen-bond donors (Lipinski definition) is 2. The van der Waals surface area contributed by atoms with Crippen molar-refractivity contribution in [2.45, 2.75) is 118 Å². The van der Waals surface area contributed by atoms with Crippen molar-refractivity contribution in [1.82, 2.24) is 20.1 Å². The van der Waals surface area contributed by atoms with Gasteiger partial charge in [-0.1, -0.05) is 60.1 Å². The highest BCUT2D eigenvalue weighted by Crippen LogP contribution is 2.75. The molecular formula is C39H61BrN4O5. The van der Waals surface area contributed by atoms with E-state index in [-0.39, 0.29) is 44.8 Å². The van der Waals surface area contributed by atoms with E-state index in [1.807, 2.05) is 0 Å². The van der Waals surface area contributed by atoms with Crippen molar-refractivity contribution in [1.29, 1.82) is 0 Å². The fourth-order valence-electron chi connectivity index (χ4n) is 13.1. The second-order valence-electron chi connectivity index (χ2n) is 18.5. The number of aromatic nitrogens is 3. The van der Waals surface area contributed by atoms with E-state index in [9.17, 15) is 9.90 Å². The topological polar surface area (TPSA) is 108 Å². The monoisotopic (exact) mass is 744 g/mol. The number of fused-ring (bicyclic) bond motifs is 3. The first kappa shape index (κ1) is 36.0. The molecule has 5 fully saturated rings. The molecule has 2 saturated heterocycles. The summed E-state index contributed by atoms with van der Waals surface area (Å²) in [6.07, 6.45) is 11.8. The molecule has 49 heavy (non-hydrogen) atoms. The van der Waals surface area contributed by atoms with Crippen molar-refractivity contribution in [2.24, 2.45) is 56.7 Å². The summed E-state index contributed by atoms with van der Waals surface area (Å²) >= 11 is 3.75. The van der Waals surface area contributed by atoms with Gasteiger partial charge in [0.2, 0.25) is 0 Å². The third kappa shape index (κ3) is 5.06. The van der Waals surface area contributed by atoms with E-state index in [1.165, 1.54) is 5.57 Å². The second kappa shape index (κ2) is 12.4. The van der Waals surface area contributed by atoms with Gasteiger partial charge >= 0.3 is 5.97 Å². The predicted molar refractivity (Wildman–Crippen MR) is 192 cm³/mol. The van der Waals surface area contributed by atoms with Crippen molar-refractivity contribution in [3.8, 4) is 0 Å². The SMILES string of the molecule is CNC1(CO[C@H]2[C@H](n3ncnc3Br)C[C@@]34COC[C@@]2(C)[C@@H]3CC[C@H]2C4=CC[C@@]3(C)[C@H](C(=O)O)[C@@](C)([C@H](C)C(C)C)CC[C@]23C)CCOCC1. The van der Waals surface area contributed by atoms with Crippen LogP contribution in [0.3, 0.4) is 0 Å². The van der Waals surface area contributed by atoms with Crippen molar-refractivity contribution in [2.75, 3.05) is 40.1 Å². The molecule has 4 aliphatic carbocycles. The third-order valence-electron chi connectivity index (χ3n) is 16.5. The Morgan fingerprint density at radius 1 is 1.08 bits per heavy atom. The largest absolute Gasteiger partial charge is 0.481 e. The number of rotatable bonds is 8. The number of aliphatic carboxylic acids is 1. The van der Waals surface area contributed by atoms with Crippen LogP contribution in [0.15, 0.2) is 22.7 Å². The first-order chi connectivity index (χ1) is 23.1. The van der Waals surface area contributed by atoms with Gasteiger partial charge in [-0.2, -0.15) is 5.10 Å². The Bertz CT molecular complexity index is 1460. The van der Waals surface area contributed by atoms with Crippen molar-refractivity contribution in [3.63, 3.8) is 0 Å². The lowest BCUT2D eigenvalue weighted by Crippen LogP contribution is -2.69. The molecule has 11 atom stereocenters. The lowest BCUT2D eigenvalue weighted by atomic mass is 9.34. The smallest absolute Gasteiger partial charge is 0.307 e. The van der Waals surface area contributed by atoms with E-state index in [0.29, 0.717) is 43.5 Å². The van der Waals surface area contributed by atoms with Crippen LogP contribution >= 0.6 is 15.9 Å². The number of ether oxygens (including phenoxy) is 3. The number of likely N-dealkylation sites (N-methyl/N-ethyl adjacent to an activating group) is 1. The van der Waals surface area contributed by atoms with Gasteiger partial charge in [0.25, 0.3) is 0 Å². The minimum Gasteiger partial charge on any atom is -0.481 e. The number of carboxylic acids is 1. The average Bonchev–Trinajstić information content (AvgIpc) is 3.49. The maximum absolute atomic E-state index is 13.5. The number of nitrogens with zero attached hydrogens (tertiary/aromatic N) is 3. The fraction of sp³-hybridized carbons (Fsp3) is 0.872. The zero-order valence-corrected chi connectivity index (χ0v) is 32.8. The van der Waals surface area contributed by atoms with Crippen LogP contribution in [-0.4, -0.2) is 77.6 Å². The van der Waals surface area contributed by atoms with Crippen LogP contribution in [-0.2, 0) is 19.0 Å². The van der Waals surface area contributed by atoms with E-state index in [0.717, 1.165) is 69.3 Å². The quantitative estimate of drug-likeness (QED) is 0.267. The van der Waals surface area contributed by atoms with Gasteiger partial charge < -0.3 is 24.6 Å². The van der Waals surface area contributed by atoms with Crippen LogP contribution < -0.4 is 5.32 Å². The van der Waals surface area contributed by atoms with E-state index < -0.39 is 11.9 Å². The maximum atomic E-state index is 13.5. The molecule has 7 rings (SSSR count). The highest BCUT2D eigenvalue weighted by atomic mass is 79.9. The molecule has 0 aromatic carbocycles. The lowest BCUT2D eigenvalue weighted by Gasteiger charge is -2.71. The Balaban J connectivity index is 1.30. The molecule has 1 aromatic rings. The molecular weight excluding hydrogens is 684 g/mol. The second-order valence-corrected chi connectivity index (χ2v) is 19.2. The lowest BCUT2D eigenvalue weighted by molar-refractivity contribution is -0.254. The Hall–Kier alpha value is -1.33. The Morgan fingerprint density at radius 3 is 2.45 bits per heavy atom. The molecule has 0 radical (unpaired) electrons. The molecule has 274 valence electrons. The first-order valence-electron chi connectivity index (χ1n) is 19.1. The van der Waals surface area contributed by atoms with Gasteiger partial charge in [-0.05, 0) is 114 Å². The summed E-state index contributed by atoms with van der Waals surface area (Å²) in [6, 6.07) is -0.0233. The standard InChI is InChI=1S/C39H61BrN4O5/c1-24(2)25(3)34(4)13-14-36(6)26-9-10-29-35(5)20-48-22-39(29,27(26)11-12-37(36,7)30(34)32(45)46)19-28(44-33(40)42-23-43-44)31(35)49-21-38(41-8)15-17-47-18-16-38/h11,23-26,28-31,41H,9-10,12-22H2,1-8H3,(H,45,46)/t25-,26+,28-,29+,30-,31+,34-,35+,36-,37+,39+/m1/s1. The van der Waals surface area contributed by atoms with Gasteiger partial charge in [-0.3, -0.25) is 4.79 Å². The van der Waals surface area contributed by atoms with Gasteiger partial charge in [0, 0.05) is 29.6 Å². The number of carbonyl (C=O) groups is 1. The van der Waals surface area contributed by atoms with Gasteiger partial charge in [-0.15, -0.1) is 0 Å². The summed E-state index contributed by atoms with van der Waals surface area (Å²) in [5.74, 6) is 0.464. The molecule has 9 nitrogen and oxygen atoms in total. The Morgan fingerprint density at radius 2 is 1.82 bits per heavy atom. The summed E-state index contributed by atoms with van der Waals surface area (Å²) in [6.45, 7) is 19.8. The van der Waals surface area contributed by atoms with Crippen molar-refractivity contribution >= 4 is 21.9 Å². The van der Waals surface area contributed by atoms with E-state index in [2.05, 4.69) is 92.5 Å². The summed E-state index contributed by atoms with van der Waals surface area (Å²) in [4.78, 5) is 18.0. The van der Waals surface area contributed by atoms with Gasteiger partial charge in [0.1, 0.15) is 6.33 Å². The highest BCUT2D eigenvalue weighted by Gasteiger charge is 2.72. The third-order valence-corrected chi connectivity index (χ3v) is 17.0. The van der Waals surface area contributed by atoms with E-state index >= 15 is 0 Å². The Kier molecular flexibility index (Phi) is 9.11. The van der Waals surface area contributed by atoms with Crippen LogP contribution in [0.1, 0.15) is 106 Å². The zero-order valence-electron chi connectivity index (χ0n) is 31.2. The summed E-state index contributed by atoms with van der Waals surface area (Å²) in [5, 5.41) is 19.5. The molecule has 2 bridgehead atoms. The fourth-order valence-corrected chi connectivity index (χ4v) is 13.5. The number of carboxylic acid groups (broad SMARTS) is 1. The van der Waals surface area contributed by atoms with Crippen LogP contribution in [0.2, 0.25) is 0 Å². The van der Waals surface area contributed by atoms with Crippen LogP contribution in [0.4, 0.5) is 0 Å². The van der Waals surface area contributed by atoms with Crippen LogP contribution in [0.5, 0.6) is 0 Å². The molecule has 0 amide bonds. The van der Waals surface area contributed by atoms with Crippen LogP contribution in [0, 0.1) is 56.7 Å². The van der Waals surface area contributed by atoms with Gasteiger partial charge in [0.05, 0.1) is 37.9 Å². The average molecular weight is 746 g/mol. The minimum absolute atomic E-state index is 0.0233. The minimum atomic E-state index is -0.613. The zero-order chi connectivity index (χ0) is 35.2. The van der Waals surface area contributed by atoms with Crippen molar-refractivity contribution in [3.05, 3.63) is 22.7 Å². The molecule has 2 N–H and O–H groups in total. The van der Waals surface area contributed by atoms with Gasteiger partial charge in [0.15, 0.2) is 4.73 Å². The highest BCUT2D eigenvalue weighted by molar-refractivity contribution is 9.10. The molecule has 0 unspecified atom stereocenters. The molecule has 1 aromatic heterocycles. The van der Waals surface area contributed by atoms with E-state index in [1.54, 1.807) is 6.33 Å². The van der Waals surface area contributed by atoms with Crippen molar-refractivity contribution < 1.29 is 24.1 Å². The number of nitrogens with one attached hydrogen (secondary N) is 1. The molecule has 3 saturated carbocycles. The first-order valence-corrected chi connectivity index (χ1v) is 19.9. The molecule has 2 aliphatic heterocycles. The molecule has 3 heterocycles. The number of allylic oxidation sites excluding steroid dienone is 1. The molecule has 6 aliphatic rings. The van der Waals surface area contributed by atoms with Gasteiger partial charge in [-0.25, -0.2) is 9.67 Å². The summed E-state index contributed by atoms with van der Waals surface area (Å²) in [5.41, 5.74) is 0.302. The molecule has 10 heteroatoms. The molecule has 0 spiro atoms. The van der Waals surface area contributed by atoms with E-state index in [4.69, 9.17) is 19.3 Å².